The Morgan fingerprint density at radius 3 is 2.55 bits per heavy atom. The second-order valence-corrected chi connectivity index (χ2v) is 17.8. The van der Waals surface area contributed by atoms with Crippen LogP contribution in [0.2, 0.25) is 0 Å². The van der Waals surface area contributed by atoms with Crippen LogP contribution in [-0.4, -0.2) is 108 Å². The molecule has 2 aliphatic heterocycles. The van der Waals surface area contributed by atoms with Crippen LogP contribution in [0.5, 0.6) is 0 Å². The highest BCUT2D eigenvalue weighted by atomic mass is 16.6. The number of fused-ring (bicyclic) bond motifs is 1. The number of aromatic amines is 1. The van der Waals surface area contributed by atoms with Crippen LogP contribution in [0.1, 0.15) is 124 Å². The van der Waals surface area contributed by atoms with Crippen LogP contribution in [0, 0.1) is 5.92 Å². The molecule has 3 atom stereocenters. The number of hydrogen-bond acceptors (Lipinski definition) is 10. The fourth-order valence-corrected chi connectivity index (χ4v) is 9.99. The lowest BCUT2D eigenvalue weighted by molar-refractivity contribution is -0.135. The highest BCUT2D eigenvalue weighted by Gasteiger charge is 2.33. The predicted octanol–water partition coefficient (Wildman–Crippen LogP) is 4.59. The van der Waals surface area contributed by atoms with Gasteiger partial charge in [-0.1, -0.05) is 12.1 Å². The van der Waals surface area contributed by atoms with Crippen LogP contribution >= 0.6 is 0 Å². The number of para-hydroxylation sites is 1. The zero-order chi connectivity index (χ0) is 42.1. The number of nitrogens with zero attached hydrogens (tertiary/aromatic N) is 7. The number of alkyl carbamates (subject to hydrolysis) is 1. The summed E-state index contributed by atoms with van der Waals surface area (Å²) < 4.78 is 10.7. The van der Waals surface area contributed by atoms with Crippen molar-refractivity contribution >= 4 is 40.7 Å². The smallest absolute Gasteiger partial charge is 0.407 e. The third-order valence-electron chi connectivity index (χ3n) is 13.2. The number of likely N-dealkylation sites (tertiary alicyclic amines) is 1. The number of amides is 4. The molecule has 1 aromatic carbocycles. The van der Waals surface area contributed by atoms with Crippen LogP contribution in [0.3, 0.4) is 0 Å². The molecule has 4 aromatic rings. The maximum Gasteiger partial charge on any atom is 0.407 e. The molecule has 2 unspecified atom stereocenters. The number of benzene rings is 1. The highest BCUT2D eigenvalue weighted by Crippen LogP contribution is 2.37. The lowest BCUT2D eigenvalue weighted by atomic mass is 9.85. The average Bonchev–Trinajstić information content (AvgIpc) is 4.04. The van der Waals surface area contributed by atoms with Gasteiger partial charge in [-0.05, 0) is 116 Å². The number of hydrogen-bond donors (Lipinski definition) is 4. The fourth-order valence-electron chi connectivity index (χ4n) is 9.99. The molecule has 2 saturated heterocycles. The van der Waals surface area contributed by atoms with Gasteiger partial charge in [-0.25, -0.2) is 9.59 Å². The number of aromatic nitrogens is 6. The minimum absolute atomic E-state index is 0.0245. The summed E-state index contributed by atoms with van der Waals surface area (Å²) in [6.07, 6.45) is 12.3. The molecule has 3 aromatic heterocycles. The molecule has 4 aliphatic rings. The number of nitrogens with one attached hydrogen (secondary N) is 4. The van der Waals surface area contributed by atoms with Gasteiger partial charge in [0.05, 0.1) is 28.8 Å². The van der Waals surface area contributed by atoms with Gasteiger partial charge >= 0.3 is 11.8 Å². The molecule has 0 bridgehead atoms. The second kappa shape index (κ2) is 17.7. The van der Waals surface area contributed by atoms with Crippen molar-refractivity contribution in [2.24, 2.45) is 13.0 Å². The number of anilines is 1. The first kappa shape index (κ1) is 41.4. The van der Waals surface area contributed by atoms with Gasteiger partial charge in [-0.3, -0.25) is 43.5 Å². The Morgan fingerprint density at radius 2 is 1.80 bits per heavy atom. The second-order valence-electron chi connectivity index (χ2n) is 17.8. The van der Waals surface area contributed by atoms with Crippen molar-refractivity contribution < 1.29 is 23.9 Å². The molecule has 322 valence electrons. The lowest BCUT2D eigenvalue weighted by Crippen LogP contribution is -2.44. The molecular formula is C43H59N11O6. The van der Waals surface area contributed by atoms with Gasteiger partial charge in [0, 0.05) is 62.5 Å². The van der Waals surface area contributed by atoms with Crippen molar-refractivity contribution in [3.8, 4) is 0 Å². The Hall–Kier alpha value is -5.29. The fraction of sp³-hybridized carbons (Fsp3) is 0.605. The minimum atomic E-state index is -0.692. The summed E-state index contributed by atoms with van der Waals surface area (Å²) in [5, 5.41) is 20.1. The molecule has 2 aliphatic carbocycles. The minimum Gasteiger partial charge on any atom is -0.446 e. The molecule has 5 heterocycles. The topological polar surface area (TPSA) is 194 Å². The van der Waals surface area contributed by atoms with Crippen LogP contribution < -0.4 is 21.6 Å². The average molecular weight is 826 g/mol. The van der Waals surface area contributed by atoms with Gasteiger partial charge in [0.25, 0.3) is 5.91 Å². The van der Waals surface area contributed by atoms with Crippen molar-refractivity contribution in [1.29, 1.82) is 0 Å². The quantitative estimate of drug-likeness (QED) is 0.147. The molecular weight excluding hydrogens is 767 g/mol. The van der Waals surface area contributed by atoms with Crippen molar-refractivity contribution in [3.63, 3.8) is 0 Å². The number of carbonyl (C=O) groups excluding carboxylic acids is 4. The van der Waals surface area contributed by atoms with Gasteiger partial charge in [0.2, 0.25) is 11.8 Å². The zero-order valence-corrected chi connectivity index (χ0v) is 35.2. The van der Waals surface area contributed by atoms with Gasteiger partial charge in [0.15, 0.2) is 5.82 Å². The Labute approximate surface area is 349 Å². The Kier molecular flexibility index (Phi) is 12.3. The SMILES string of the molecule is CC(C)NC(=O)O[C@@H]1CCC(c2cc(NC(=O)c3cnn(C4CCC(CN(C)C5CCN(Cc6cccc7c6n(C)c(=O)n7C6CCC(=O)NC6=O)CC5)CC4)c3)n[nH]2)C1. The van der Waals surface area contributed by atoms with E-state index >= 15 is 0 Å². The number of H-pyrrole nitrogens is 1. The molecule has 0 radical (unpaired) electrons. The molecule has 4 amide bonds. The van der Waals surface area contributed by atoms with E-state index in [4.69, 9.17) is 4.74 Å². The summed E-state index contributed by atoms with van der Waals surface area (Å²) in [5.74, 6) is 0.296. The maximum atomic E-state index is 13.4. The summed E-state index contributed by atoms with van der Waals surface area (Å²) >= 11 is 0. The van der Waals surface area contributed by atoms with E-state index in [1.165, 1.54) is 0 Å². The number of carbonyl (C=O) groups is 4. The van der Waals surface area contributed by atoms with E-state index in [2.05, 4.69) is 54.2 Å². The number of rotatable bonds is 12. The molecule has 4 fully saturated rings. The summed E-state index contributed by atoms with van der Waals surface area (Å²) in [5.41, 5.74) is 3.82. The van der Waals surface area contributed by atoms with Gasteiger partial charge in [0.1, 0.15) is 12.1 Å². The Morgan fingerprint density at radius 1 is 1.02 bits per heavy atom. The molecule has 4 N–H and O–H groups in total. The number of aryl methyl sites for hydroxylation is 1. The lowest BCUT2D eigenvalue weighted by Gasteiger charge is -2.39. The molecule has 17 heteroatoms. The van der Waals surface area contributed by atoms with Gasteiger partial charge < -0.3 is 20.3 Å². The van der Waals surface area contributed by atoms with Crippen LogP contribution in [0.15, 0.2) is 41.5 Å². The van der Waals surface area contributed by atoms with E-state index in [-0.39, 0.29) is 54.1 Å². The third-order valence-corrected chi connectivity index (χ3v) is 13.2. The zero-order valence-electron chi connectivity index (χ0n) is 35.2. The normalized spacial score (nSPS) is 24.3. The summed E-state index contributed by atoms with van der Waals surface area (Å²) in [7, 11) is 4.02. The van der Waals surface area contributed by atoms with Crippen molar-refractivity contribution in [1.82, 2.24) is 49.5 Å². The standard InChI is InChI=1S/C43H59N11O6/c1-26(2)45-42(58)60-33-13-10-28(20-33)34-21-37(49-48-34)46-40(56)30-22-44-53(25-30)32-11-8-27(9-12-32)23-50(3)31-16-18-52(19-17-31)24-29-6-5-7-35-39(29)51(4)43(59)54(35)36-14-15-38(55)47-41(36)57/h5-7,21-22,25-28,31-33,36H,8-20,23-24H2,1-4H3,(H,45,58)(H,47,55,57)(H2,46,48,49,56)/t27?,28?,32?,33-,36?/m1/s1. The number of ether oxygens (including phenoxy) is 1. The first-order valence-electron chi connectivity index (χ1n) is 21.7. The first-order valence-corrected chi connectivity index (χ1v) is 21.7. The van der Waals surface area contributed by atoms with Crippen molar-refractivity contribution in [2.75, 3.05) is 32.0 Å². The van der Waals surface area contributed by atoms with E-state index in [0.29, 0.717) is 36.2 Å². The Balaban J connectivity index is 0.773. The molecule has 0 spiro atoms. The summed E-state index contributed by atoms with van der Waals surface area (Å²) in [4.78, 5) is 68.0. The molecule has 17 nitrogen and oxygen atoms in total. The van der Waals surface area contributed by atoms with E-state index in [1.54, 1.807) is 22.4 Å². The third kappa shape index (κ3) is 9.06. The Bertz CT molecular complexity index is 2260. The number of piperidine rings is 2. The molecule has 8 rings (SSSR count). The van der Waals surface area contributed by atoms with Crippen molar-refractivity contribution in [2.45, 2.75) is 127 Å². The summed E-state index contributed by atoms with van der Waals surface area (Å²) in [6, 6.07) is 7.89. The van der Waals surface area contributed by atoms with E-state index in [1.807, 2.05) is 42.9 Å². The largest absolute Gasteiger partial charge is 0.446 e. The van der Waals surface area contributed by atoms with E-state index < -0.39 is 11.9 Å². The van der Waals surface area contributed by atoms with Crippen LogP contribution in [0.25, 0.3) is 11.0 Å². The predicted molar refractivity (Wildman–Crippen MR) is 224 cm³/mol. The van der Waals surface area contributed by atoms with E-state index in [9.17, 15) is 24.0 Å². The van der Waals surface area contributed by atoms with Crippen LogP contribution in [-0.2, 0) is 27.9 Å². The summed E-state index contributed by atoms with van der Waals surface area (Å²) in [6.45, 7) is 7.52. The molecule has 60 heavy (non-hydrogen) atoms. The molecule has 2 saturated carbocycles. The number of imide groups is 1. The van der Waals surface area contributed by atoms with Crippen molar-refractivity contribution in [3.05, 3.63) is 64.0 Å². The van der Waals surface area contributed by atoms with Crippen LogP contribution in [0.4, 0.5) is 10.6 Å². The van der Waals surface area contributed by atoms with E-state index in [0.717, 1.165) is 99.8 Å². The highest BCUT2D eigenvalue weighted by molar-refractivity contribution is 6.03. The monoisotopic (exact) mass is 825 g/mol. The number of imidazole rings is 1. The maximum absolute atomic E-state index is 13.4. The first-order chi connectivity index (χ1) is 28.9. The van der Waals surface area contributed by atoms with Gasteiger partial charge in [-0.2, -0.15) is 10.2 Å². The van der Waals surface area contributed by atoms with Gasteiger partial charge in [-0.15, -0.1) is 0 Å².